The second-order valence-electron chi connectivity index (χ2n) is 5.12. The van der Waals surface area contributed by atoms with Crippen LogP contribution in [0.15, 0.2) is 30.3 Å². The number of fused-ring (bicyclic) bond motifs is 1. The summed E-state index contributed by atoms with van der Waals surface area (Å²) in [7, 11) is 0. The van der Waals surface area contributed by atoms with Crippen LogP contribution in [0.5, 0.6) is 0 Å². The van der Waals surface area contributed by atoms with Gasteiger partial charge in [-0.15, -0.1) is 0 Å². The Hall–Kier alpha value is -0.860. The molecule has 0 radical (unpaired) electrons. The zero-order chi connectivity index (χ0) is 11.1. The van der Waals surface area contributed by atoms with E-state index in [1.807, 2.05) is 0 Å². The average molecular weight is 217 g/mol. The Labute approximate surface area is 97.2 Å². The molecular formula is C14H19NO. The normalized spacial score (nSPS) is 38.1. The van der Waals surface area contributed by atoms with E-state index in [4.69, 9.17) is 4.74 Å². The van der Waals surface area contributed by atoms with Crippen LogP contribution < -0.4 is 0 Å². The van der Waals surface area contributed by atoms with Gasteiger partial charge in [0.25, 0.3) is 0 Å². The standard InChI is InChI=1S/C14H19NO/c1-10-8-13-14(16-13)11(2)15(10)9-12-6-4-3-5-7-12/h3-7,10-11,13-14H,8-9H2,1-2H3/t10-,11+,13+,14-/m1/s1. The molecule has 0 unspecified atom stereocenters. The highest BCUT2D eigenvalue weighted by atomic mass is 16.6. The zero-order valence-corrected chi connectivity index (χ0v) is 9.97. The molecule has 3 rings (SSSR count). The molecule has 0 spiro atoms. The quantitative estimate of drug-likeness (QED) is 0.707. The Kier molecular flexibility index (Phi) is 2.49. The average Bonchev–Trinajstić information content (AvgIpc) is 3.05. The van der Waals surface area contributed by atoms with E-state index in [2.05, 4.69) is 49.1 Å². The minimum absolute atomic E-state index is 0.500. The molecule has 1 aromatic rings. The van der Waals surface area contributed by atoms with Crippen molar-refractivity contribution in [2.24, 2.45) is 0 Å². The van der Waals surface area contributed by atoms with Gasteiger partial charge in [0.1, 0.15) is 0 Å². The lowest BCUT2D eigenvalue weighted by atomic mass is 9.97. The summed E-state index contributed by atoms with van der Waals surface area (Å²) in [5.41, 5.74) is 1.40. The molecule has 1 aromatic carbocycles. The fourth-order valence-corrected chi connectivity index (χ4v) is 2.93. The molecule has 0 aromatic heterocycles. The Balaban J connectivity index is 1.73. The van der Waals surface area contributed by atoms with E-state index in [0.29, 0.717) is 24.3 Å². The molecule has 2 saturated heterocycles. The van der Waals surface area contributed by atoms with Crippen molar-refractivity contribution in [3.8, 4) is 0 Å². The summed E-state index contributed by atoms with van der Waals surface area (Å²) in [4.78, 5) is 2.57. The van der Waals surface area contributed by atoms with E-state index in [0.717, 1.165) is 6.54 Å². The van der Waals surface area contributed by atoms with Gasteiger partial charge >= 0.3 is 0 Å². The lowest BCUT2D eigenvalue weighted by molar-refractivity contribution is 0.110. The lowest BCUT2D eigenvalue weighted by Crippen LogP contribution is -2.47. The third-order valence-corrected chi connectivity index (χ3v) is 3.97. The van der Waals surface area contributed by atoms with E-state index in [1.165, 1.54) is 12.0 Å². The number of nitrogens with zero attached hydrogens (tertiary/aromatic N) is 1. The van der Waals surface area contributed by atoms with Crippen molar-refractivity contribution < 1.29 is 4.74 Å². The first-order valence-corrected chi connectivity index (χ1v) is 6.21. The van der Waals surface area contributed by atoms with Gasteiger partial charge < -0.3 is 4.74 Å². The van der Waals surface area contributed by atoms with Crippen LogP contribution >= 0.6 is 0 Å². The van der Waals surface area contributed by atoms with Gasteiger partial charge in [0.2, 0.25) is 0 Å². The maximum absolute atomic E-state index is 5.69. The molecule has 0 saturated carbocycles. The highest BCUT2D eigenvalue weighted by Crippen LogP contribution is 2.39. The molecule has 86 valence electrons. The lowest BCUT2D eigenvalue weighted by Gasteiger charge is -2.36. The Morgan fingerprint density at radius 1 is 1.25 bits per heavy atom. The molecule has 2 nitrogen and oxygen atoms in total. The van der Waals surface area contributed by atoms with Crippen LogP contribution in [-0.2, 0) is 11.3 Å². The molecule has 2 aliphatic heterocycles. The van der Waals surface area contributed by atoms with E-state index in [1.54, 1.807) is 0 Å². The van der Waals surface area contributed by atoms with E-state index in [-0.39, 0.29) is 0 Å². The summed E-state index contributed by atoms with van der Waals surface area (Å²) in [5, 5.41) is 0. The fraction of sp³-hybridized carbons (Fsp3) is 0.571. The van der Waals surface area contributed by atoms with E-state index in [9.17, 15) is 0 Å². The van der Waals surface area contributed by atoms with Crippen LogP contribution in [0, 0.1) is 0 Å². The first-order chi connectivity index (χ1) is 7.75. The van der Waals surface area contributed by atoms with E-state index >= 15 is 0 Å². The Morgan fingerprint density at radius 3 is 2.75 bits per heavy atom. The van der Waals surface area contributed by atoms with Crippen molar-refractivity contribution in [1.82, 2.24) is 4.90 Å². The maximum Gasteiger partial charge on any atom is 0.0994 e. The van der Waals surface area contributed by atoms with Crippen molar-refractivity contribution in [2.75, 3.05) is 0 Å². The van der Waals surface area contributed by atoms with Gasteiger partial charge in [-0.2, -0.15) is 0 Å². The number of piperidine rings is 1. The summed E-state index contributed by atoms with van der Waals surface area (Å²) < 4.78 is 5.69. The van der Waals surface area contributed by atoms with Crippen molar-refractivity contribution in [2.45, 2.75) is 51.1 Å². The van der Waals surface area contributed by atoms with Crippen molar-refractivity contribution in [1.29, 1.82) is 0 Å². The zero-order valence-electron chi connectivity index (χ0n) is 9.97. The Bertz CT molecular complexity index is 364. The molecule has 0 N–H and O–H groups in total. The van der Waals surface area contributed by atoms with Crippen LogP contribution in [0.25, 0.3) is 0 Å². The number of rotatable bonds is 2. The first-order valence-electron chi connectivity index (χ1n) is 6.21. The number of ether oxygens (including phenoxy) is 1. The van der Waals surface area contributed by atoms with Crippen LogP contribution in [0.1, 0.15) is 25.8 Å². The van der Waals surface area contributed by atoms with Crippen LogP contribution in [0.2, 0.25) is 0 Å². The first kappa shape index (κ1) is 10.3. The Morgan fingerprint density at radius 2 is 2.00 bits per heavy atom. The predicted octanol–water partition coefficient (Wildman–Crippen LogP) is 2.44. The van der Waals surface area contributed by atoms with Gasteiger partial charge in [-0.3, -0.25) is 4.90 Å². The highest BCUT2D eigenvalue weighted by Gasteiger charge is 2.50. The molecule has 2 heterocycles. The summed E-state index contributed by atoms with van der Waals surface area (Å²) >= 11 is 0. The van der Waals surface area contributed by atoms with Gasteiger partial charge in [-0.05, 0) is 25.8 Å². The summed E-state index contributed by atoms with van der Waals surface area (Å²) in [5.74, 6) is 0. The van der Waals surface area contributed by atoms with Crippen molar-refractivity contribution >= 4 is 0 Å². The molecule has 2 heteroatoms. The SMILES string of the molecule is C[C@@H]1C[C@@H]2O[C@@H]2[C@H](C)N1Cc1ccccc1. The van der Waals surface area contributed by atoms with Crippen molar-refractivity contribution in [3.05, 3.63) is 35.9 Å². The van der Waals surface area contributed by atoms with Gasteiger partial charge in [-0.25, -0.2) is 0 Å². The number of epoxide rings is 1. The van der Waals surface area contributed by atoms with Crippen LogP contribution in [0.3, 0.4) is 0 Å². The second-order valence-corrected chi connectivity index (χ2v) is 5.12. The molecule has 4 atom stereocenters. The second kappa shape index (κ2) is 3.86. The maximum atomic E-state index is 5.69. The molecule has 0 aliphatic carbocycles. The monoisotopic (exact) mass is 217 g/mol. The highest BCUT2D eigenvalue weighted by molar-refractivity contribution is 5.15. The minimum atomic E-state index is 0.500. The number of benzene rings is 1. The summed E-state index contributed by atoms with van der Waals surface area (Å²) in [6.07, 6.45) is 2.25. The molecule has 0 bridgehead atoms. The third kappa shape index (κ3) is 1.76. The third-order valence-electron chi connectivity index (χ3n) is 3.97. The van der Waals surface area contributed by atoms with Gasteiger partial charge in [0.05, 0.1) is 12.2 Å². The van der Waals surface area contributed by atoms with Gasteiger partial charge in [0.15, 0.2) is 0 Å². The van der Waals surface area contributed by atoms with Gasteiger partial charge in [-0.1, -0.05) is 30.3 Å². The van der Waals surface area contributed by atoms with Crippen molar-refractivity contribution in [3.63, 3.8) is 0 Å². The molecule has 0 amide bonds. The van der Waals surface area contributed by atoms with E-state index < -0.39 is 0 Å². The molecular weight excluding hydrogens is 198 g/mol. The minimum Gasteiger partial charge on any atom is -0.368 e. The molecule has 2 aliphatic rings. The largest absolute Gasteiger partial charge is 0.368 e. The summed E-state index contributed by atoms with van der Waals surface area (Å²) in [6, 6.07) is 11.9. The van der Waals surface area contributed by atoms with Crippen LogP contribution in [-0.4, -0.2) is 29.2 Å². The number of hydrogen-bond acceptors (Lipinski definition) is 2. The topological polar surface area (TPSA) is 15.8 Å². The number of hydrogen-bond donors (Lipinski definition) is 0. The van der Waals surface area contributed by atoms with Gasteiger partial charge in [0, 0.05) is 18.6 Å². The van der Waals surface area contributed by atoms with Crippen LogP contribution in [0.4, 0.5) is 0 Å². The fourth-order valence-electron chi connectivity index (χ4n) is 2.93. The molecule has 16 heavy (non-hydrogen) atoms. The smallest absolute Gasteiger partial charge is 0.0994 e. The number of likely N-dealkylation sites (tertiary alicyclic amines) is 1. The summed E-state index contributed by atoms with van der Waals surface area (Å²) in [6.45, 7) is 5.66. The molecule has 2 fully saturated rings. The predicted molar refractivity (Wildman–Crippen MR) is 64.2 cm³/mol.